The van der Waals surface area contributed by atoms with Crippen LogP contribution in [0.5, 0.6) is 0 Å². The van der Waals surface area contributed by atoms with Crippen LogP contribution in [0.4, 0.5) is 22.7 Å². The van der Waals surface area contributed by atoms with Crippen LogP contribution in [-0.2, 0) is 19.2 Å². The van der Waals surface area contributed by atoms with Crippen molar-refractivity contribution in [2.45, 2.75) is 0 Å². The average Bonchev–Trinajstić information content (AvgIpc) is 3.16. The van der Waals surface area contributed by atoms with E-state index in [1.807, 2.05) is 0 Å². The fraction of sp³-hybridized carbons (Fsp3) is 0. The van der Waals surface area contributed by atoms with E-state index in [9.17, 15) is 19.2 Å². The number of fused-ring (bicyclic) bond motifs is 2. The van der Waals surface area contributed by atoms with Crippen LogP contribution in [-0.4, -0.2) is 34.8 Å². The normalized spacial score (nSPS) is 14.8. The molecule has 266 valence electrons. The van der Waals surface area contributed by atoms with E-state index in [1.165, 1.54) is 12.2 Å². The number of hydrogen-bond donors (Lipinski definition) is 4. The number of hydrazone groups is 2. The van der Waals surface area contributed by atoms with Crippen LogP contribution in [0.2, 0.25) is 20.1 Å². The number of rotatable bonds is 8. The molecule has 0 radical (unpaired) electrons. The Morgan fingerprint density at radius 1 is 0.500 bits per heavy atom. The van der Waals surface area contributed by atoms with Crippen molar-refractivity contribution in [1.29, 1.82) is 0 Å². The molecule has 0 heterocycles. The first-order valence-corrected chi connectivity index (χ1v) is 17.6. The highest BCUT2D eigenvalue weighted by atomic mass is 35.5. The molecule has 0 unspecified atom stereocenters. The van der Waals surface area contributed by atoms with E-state index in [-0.39, 0.29) is 22.6 Å². The van der Waals surface area contributed by atoms with Gasteiger partial charge in [-0.2, -0.15) is 10.2 Å². The van der Waals surface area contributed by atoms with Crippen molar-refractivity contribution in [3.8, 4) is 0 Å². The minimum atomic E-state index is -0.670. The van der Waals surface area contributed by atoms with Crippen LogP contribution in [0, 0.1) is 0 Å². The molecule has 10 nitrogen and oxygen atoms in total. The molecule has 4 N–H and O–H groups in total. The third kappa shape index (κ3) is 7.68. The first kappa shape index (κ1) is 36.3. The largest absolute Gasteiger partial charge is 0.322 e. The molecule has 5 aromatic carbocycles. The Hall–Kier alpha value is -6.04. The highest BCUT2D eigenvalue weighted by molar-refractivity contribution is 6.60. The lowest BCUT2D eigenvalue weighted by atomic mass is 9.89. The summed E-state index contributed by atoms with van der Waals surface area (Å²) in [5.41, 5.74) is 9.06. The third-order valence-electron chi connectivity index (χ3n) is 8.27. The Kier molecular flexibility index (Phi) is 10.4. The predicted molar refractivity (Wildman–Crippen MR) is 216 cm³/mol. The van der Waals surface area contributed by atoms with Crippen LogP contribution in [0.25, 0.3) is 12.2 Å². The summed E-state index contributed by atoms with van der Waals surface area (Å²) in [5.74, 6) is -2.56. The molecular formula is C40H24Cl4N6O4. The SMILES string of the molecule is O=C(Nc1ccc(NC(=O)C2=Cc3ccccc3/C(=N\Nc3cc(Cl)ccc3Cl)C2=O)cc1)C1=Cc2ccccc2/C(=N/Nc2cc(Cl)ccc2Cl)C1=O. The molecule has 0 bridgehead atoms. The average molecular weight is 794 g/mol. The quantitative estimate of drug-likeness (QED) is 0.0913. The number of ketones is 2. The number of Topliss-reactive ketones (excluding diaryl/α,β-unsaturated/α-hetero) is 2. The van der Waals surface area contributed by atoms with Crippen LogP contribution in [0.3, 0.4) is 0 Å². The molecule has 14 heteroatoms. The number of halogens is 4. The Morgan fingerprint density at radius 3 is 1.30 bits per heavy atom. The van der Waals surface area contributed by atoms with Gasteiger partial charge in [-0.15, -0.1) is 0 Å². The lowest BCUT2D eigenvalue weighted by Gasteiger charge is -2.18. The molecule has 54 heavy (non-hydrogen) atoms. The van der Waals surface area contributed by atoms with Crippen LogP contribution in [0.15, 0.2) is 131 Å². The molecule has 5 aromatic rings. The van der Waals surface area contributed by atoms with Crippen molar-refractivity contribution in [1.82, 2.24) is 0 Å². The molecule has 0 saturated carbocycles. The number of nitrogens with zero attached hydrogens (tertiary/aromatic N) is 2. The zero-order chi connectivity index (χ0) is 37.9. The number of amides is 2. The van der Waals surface area contributed by atoms with Gasteiger partial charge in [-0.05, 0) is 83.9 Å². The number of hydrogen-bond acceptors (Lipinski definition) is 8. The van der Waals surface area contributed by atoms with Gasteiger partial charge >= 0.3 is 0 Å². The molecule has 0 aliphatic heterocycles. The maximum atomic E-state index is 13.6. The lowest BCUT2D eigenvalue weighted by molar-refractivity contribution is -0.118. The number of carbonyl (C=O) groups is 4. The highest BCUT2D eigenvalue weighted by Gasteiger charge is 2.32. The van der Waals surface area contributed by atoms with E-state index in [0.717, 1.165) is 0 Å². The van der Waals surface area contributed by atoms with Crippen LogP contribution < -0.4 is 21.5 Å². The first-order valence-electron chi connectivity index (χ1n) is 16.1. The second-order valence-corrected chi connectivity index (χ2v) is 13.5. The Morgan fingerprint density at radius 2 is 0.889 bits per heavy atom. The van der Waals surface area contributed by atoms with Crippen molar-refractivity contribution < 1.29 is 19.2 Å². The summed E-state index contributed by atoms with van der Waals surface area (Å²) in [6.07, 6.45) is 2.99. The van der Waals surface area contributed by atoms with Crippen molar-refractivity contribution in [3.63, 3.8) is 0 Å². The Balaban J connectivity index is 1.06. The summed E-state index contributed by atoms with van der Waals surface area (Å²) in [6.45, 7) is 0. The Bertz CT molecular complexity index is 2350. The zero-order valence-corrected chi connectivity index (χ0v) is 30.6. The van der Waals surface area contributed by atoms with E-state index in [4.69, 9.17) is 46.4 Å². The number of benzene rings is 5. The molecule has 2 amide bonds. The summed E-state index contributed by atoms with van der Waals surface area (Å²) < 4.78 is 0. The topological polar surface area (TPSA) is 141 Å². The molecule has 0 atom stereocenters. The van der Waals surface area contributed by atoms with Gasteiger partial charge in [-0.25, -0.2) is 0 Å². The van der Waals surface area contributed by atoms with Crippen LogP contribution in [0.1, 0.15) is 22.3 Å². The summed E-state index contributed by atoms with van der Waals surface area (Å²) in [4.78, 5) is 54.2. The van der Waals surface area contributed by atoms with Gasteiger partial charge in [-0.3, -0.25) is 30.0 Å². The predicted octanol–water partition coefficient (Wildman–Crippen LogP) is 9.14. The van der Waals surface area contributed by atoms with Gasteiger partial charge in [0.25, 0.3) is 11.8 Å². The summed E-state index contributed by atoms with van der Waals surface area (Å²) in [5, 5.41) is 15.6. The number of anilines is 4. The minimum Gasteiger partial charge on any atom is -0.322 e. The minimum absolute atomic E-state index is 0.0128. The fourth-order valence-electron chi connectivity index (χ4n) is 5.61. The zero-order valence-electron chi connectivity index (χ0n) is 27.6. The molecule has 2 aliphatic rings. The molecule has 0 fully saturated rings. The summed E-state index contributed by atoms with van der Waals surface area (Å²) >= 11 is 24.7. The van der Waals surface area contributed by atoms with Gasteiger partial charge in [0.1, 0.15) is 11.4 Å². The monoisotopic (exact) mass is 792 g/mol. The number of carbonyl (C=O) groups excluding carboxylic acids is 4. The van der Waals surface area contributed by atoms with E-state index in [0.29, 0.717) is 65.1 Å². The van der Waals surface area contributed by atoms with Gasteiger partial charge in [0.2, 0.25) is 11.6 Å². The van der Waals surface area contributed by atoms with Crippen molar-refractivity contribution >= 4 is 116 Å². The standard InChI is InChI=1S/C40H24Cl4N6O4/c41-23-9-15-31(43)33(19-23)47-49-35-27-7-3-1-5-21(27)17-29(37(35)51)39(53)45-25-11-13-26(14-12-25)46-40(54)30-18-22-6-2-4-8-28(22)36(38(30)52)50-48-34-20-24(42)10-16-32(34)44/h1-20,47-48H,(H,45,53)(H,46,54)/b49-35-,50-36+. The van der Waals surface area contributed by atoms with Gasteiger partial charge in [-0.1, -0.05) is 94.9 Å². The van der Waals surface area contributed by atoms with Gasteiger partial charge in [0, 0.05) is 32.5 Å². The van der Waals surface area contributed by atoms with Gasteiger partial charge in [0.05, 0.1) is 32.6 Å². The third-order valence-corrected chi connectivity index (χ3v) is 9.40. The smallest absolute Gasteiger partial charge is 0.259 e. The number of nitrogens with one attached hydrogen (secondary N) is 4. The first-order chi connectivity index (χ1) is 26.0. The molecular weight excluding hydrogens is 770 g/mol. The molecule has 0 aromatic heterocycles. The van der Waals surface area contributed by atoms with Gasteiger partial charge < -0.3 is 10.6 Å². The second kappa shape index (κ2) is 15.5. The second-order valence-electron chi connectivity index (χ2n) is 11.8. The maximum absolute atomic E-state index is 13.6. The summed E-state index contributed by atoms with van der Waals surface area (Å²) in [7, 11) is 0. The molecule has 0 saturated heterocycles. The van der Waals surface area contributed by atoms with Crippen molar-refractivity contribution in [3.05, 3.63) is 163 Å². The van der Waals surface area contributed by atoms with Crippen molar-refractivity contribution in [2.75, 3.05) is 21.5 Å². The van der Waals surface area contributed by atoms with Crippen molar-refractivity contribution in [2.24, 2.45) is 10.2 Å². The van der Waals surface area contributed by atoms with E-state index >= 15 is 0 Å². The molecule has 2 aliphatic carbocycles. The van der Waals surface area contributed by atoms with E-state index in [1.54, 1.807) is 109 Å². The summed E-state index contributed by atoms with van der Waals surface area (Å²) in [6, 6.07) is 29.8. The van der Waals surface area contributed by atoms with E-state index < -0.39 is 23.4 Å². The molecule has 0 spiro atoms. The fourth-order valence-corrected chi connectivity index (χ4v) is 6.27. The highest BCUT2D eigenvalue weighted by Crippen LogP contribution is 2.30. The van der Waals surface area contributed by atoms with Gasteiger partial charge in [0.15, 0.2) is 0 Å². The maximum Gasteiger partial charge on any atom is 0.259 e. The Labute approximate surface area is 328 Å². The lowest BCUT2D eigenvalue weighted by Crippen LogP contribution is -2.30. The molecule has 7 rings (SSSR count). The van der Waals surface area contributed by atoms with Crippen LogP contribution >= 0.6 is 46.4 Å². The van der Waals surface area contributed by atoms with E-state index in [2.05, 4.69) is 31.7 Å².